The van der Waals surface area contributed by atoms with Gasteiger partial charge >= 0.3 is 0 Å². The van der Waals surface area contributed by atoms with E-state index >= 15 is 0 Å². The lowest BCUT2D eigenvalue weighted by molar-refractivity contribution is 0.127. The molecule has 1 saturated heterocycles. The molecule has 1 heterocycles. The van der Waals surface area contributed by atoms with Gasteiger partial charge in [-0.25, -0.2) is 5.01 Å². The van der Waals surface area contributed by atoms with Crippen LogP contribution in [0.2, 0.25) is 0 Å². The minimum Gasteiger partial charge on any atom is -0.269 e. The Bertz CT molecular complexity index is 196. The molecule has 2 heteroatoms. The Kier molecular flexibility index (Phi) is 1.59. The van der Waals surface area contributed by atoms with Crippen molar-refractivity contribution < 1.29 is 0 Å². The van der Waals surface area contributed by atoms with Crippen LogP contribution in [0.15, 0.2) is 0 Å². The highest BCUT2D eigenvalue weighted by Crippen LogP contribution is 2.51. The van der Waals surface area contributed by atoms with Crippen molar-refractivity contribution in [2.75, 3.05) is 6.54 Å². The quantitative estimate of drug-likeness (QED) is 0.558. The third-order valence-electron chi connectivity index (χ3n) is 3.46. The van der Waals surface area contributed by atoms with E-state index < -0.39 is 0 Å². The molecule has 1 aliphatic carbocycles. The van der Waals surface area contributed by atoms with E-state index in [9.17, 15) is 0 Å². The minimum absolute atomic E-state index is 0.501. The second-order valence-electron chi connectivity index (χ2n) is 5.89. The van der Waals surface area contributed by atoms with E-state index in [1.807, 2.05) is 0 Å². The van der Waals surface area contributed by atoms with Crippen molar-refractivity contribution in [3.8, 4) is 0 Å². The van der Waals surface area contributed by atoms with Gasteiger partial charge in [-0.15, -0.1) is 0 Å². The van der Waals surface area contributed by atoms with Gasteiger partial charge in [-0.3, -0.25) is 5.84 Å². The summed E-state index contributed by atoms with van der Waals surface area (Å²) in [4.78, 5) is 0. The number of rotatable bonds is 0. The fraction of sp³-hybridized carbons (Fsp3) is 1.00. The summed E-state index contributed by atoms with van der Waals surface area (Å²) in [5.41, 5.74) is 1.01. The molecule has 1 aliphatic heterocycles. The SMILES string of the molecule is CC1(C)CC2CC(C)(CN2N)C1. The van der Waals surface area contributed by atoms with Gasteiger partial charge in [0.15, 0.2) is 0 Å². The van der Waals surface area contributed by atoms with Crippen molar-refractivity contribution in [2.24, 2.45) is 16.7 Å². The zero-order valence-electron chi connectivity index (χ0n) is 8.43. The Balaban J connectivity index is 2.22. The minimum atomic E-state index is 0.501. The summed E-state index contributed by atoms with van der Waals surface area (Å²) in [6.45, 7) is 8.22. The lowest BCUT2D eigenvalue weighted by atomic mass is 9.65. The molecule has 0 aromatic rings. The van der Waals surface area contributed by atoms with Gasteiger partial charge in [0, 0.05) is 12.6 Å². The van der Waals surface area contributed by atoms with Crippen molar-refractivity contribution >= 4 is 0 Å². The summed E-state index contributed by atoms with van der Waals surface area (Å²) >= 11 is 0. The van der Waals surface area contributed by atoms with Gasteiger partial charge in [0.05, 0.1) is 0 Å². The predicted octanol–water partition coefficient (Wildman–Crippen LogP) is 1.76. The van der Waals surface area contributed by atoms with E-state index in [0.29, 0.717) is 16.9 Å². The van der Waals surface area contributed by atoms with E-state index in [1.165, 1.54) is 19.3 Å². The maximum atomic E-state index is 5.96. The molecule has 0 spiro atoms. The molecule has 2 N–H and O–H groups in total. The van der Waals surface area contributed by atoms with Crippen LogP contribution in [0.3, 0.4) is 0 Å². The van der Waals surface area contributed by atoms with Crippen LogP contribution in [-0.4, -0.2) is 17.6 Å². The maximum Gasteiger partial charge on any atom is 0.0252 e. The smallest absolute Gasteiger partial charge is 0.0252 e. The van der Waals surface area contributed by atoms with Gasteiger partial charge in [0.1, 0.15) is 0 Å². The third kappa shape index (κ3) is 1.27. The van der Waals surface area contributed by atoms with E-state index in [0.717, 1.165) is 6.54 Å². The summed E-state index contributed by atoms with van der Waals surface area (Å²) < 4.78 is 0. The molecule has 0 amide bonds. The third-order valence-corrected chi connectivity index (χ3v) is 3.46. The topological polar surface area (TPSA) is 29.3 Å². The molecule has 0 aromatic heterocycles. The number of nitrogens with zero attached hydrogens (tertiary/aromatic N) is 1. The molecule has 2 rings (SSSR count). The Labute approximate surface area is 75.1 Å². The zero-order chi connectivity index (χ0) is 8.98. The fourth-order valence-corrected chi connectivity index (χ4v) is 3.50. The predicted molar refractivity (Wildman–Crippen MR) is 50.4 cm³/mol. The first kappa shape index (κ1) is 8.52. The van der Waals surface area contributed by atoms with E-state index in [4.69, 9.17) is 5.84 Å². The molecule has 0 aromatic carbocycles. The van der Waals surface area contributed by atoms with Crippen molar-refractivity contribution in [1.29, 1.82) is 0 Å². The standard InChI is InChI=1S/C10H20N2/c1-9(2)4-8-5-10(3,6-9)7-12(8)11/h8H,4-7,11H2,1-3H3. The van der Waals surface area contributed by atoms with Crippen LogP contribution in [-0.2, 0) is 0 Å². The molecule has 2 bridgehead atoms. The largest absolute Gasteiger partial charge is 0.269 e. The molecular weight excluding hydrogens is 148 g/mol. The van der Waals surface area contributed by atoms with Crippen LogP contribution < -0.4 is 5.84 Å². The normalized spacial score (nSPS) is 46.5. The maximum absolute atomic E-state index is 5.96. The summed E-state index contributed by atoms with van der Waals surface area (Å²) in [6.07, 6.45) is 3.93. The van der Waals surface area contributed by atoms with Gasteiger partial charge in [-0.2, -0.15) is 0 Å². The number of fused-ring (bicyclic) bond motifs is 2. The van der Waals surface area contributed by atoms with Crippen molar-refractivity contribution in [3.05, 3.63) is 0 Å². The zero-order valence-corrected chi connectivity index (χ0v) is 8.43. The highest BCUT2D eigenvalue weighted by Gasteiger charge is 2.48. The summed E-state index contributed by atoms with van der Waals surface area (Å²) in [5.74, 6) is 5.96. The van der Waals surface area contributed by atoms with Crippen LogP contribution in [0.25, 0.3) is 0 Å². The molecule has 1 saturated carbocycles. The lowest BCUT2D eigenvalue weighted by Crippen LogP contribution is -2.37. The van der Waals surface area contributed by atoms with Crippen molar-refractivity contribution in [1.82, 2.24) is 5.01 Å². The summed E-state index contributed by atoms with van der Waals surface area (Å²) in [5, 5.41) is 2.06. The Hall–Kier alpha value is -0.0800. The van der Waals surface area contributed by atoms with Gasteiger partial charge in [-0.1, -0.05) is 20.8 Å². The van der Waals surface area contributed by atoms with Crippen molar-refractivity contribution in [3.63, 3.8) is 0 Å². The molecular formula is C10H20N2. The van der Waals surface area contributed by atoms with E-state index in [-0.39, 0.29) is 0 Å². The van der Waals surface area contributed by atoms with E-state index in [1.54, 1.807) is 0 Å². The average Bonchev–Trinajstić information content (AvgIpc) is 1.99. The van der Waals surface area contributed by atoms with Gasteiger partial charge < -0.3 is 0 Å². The van der Waals surface area contributed by atoms with Gasteiger partial charge in [0.2, 0.25) is 0 Å². The van der Waals surface area contributed by atoms with Crippen LogP contribution in [0.4, 0.5) is 0 Å². The first-order valence-electron chi connectivity index (χ1n) is 4.92. The first-order valence-corrected chi connectivity index (χ1v) is 4.92. The molecule has 2 unspecified atom stereocenters. The molecule has 2 nitrogen and oxygen atoms in total. The Morgan fingerprint density at radius 3 is 2.50 bits per heavy atom. The lowest BCUT2D eigenvalue weighted by Gasteiger charge is -2.39. The molecule has 70 valence electrons. The van der Waals surface area contributed by atoms with Gasteiger partial charge in [-0.05, 0) is 30.1 Å². The van der Waals surface area contributed by atoms with Crippen LogP contribution in [0.1, 0.15) is 40.0 Å². The van der Waals surface area contributed by atoms with E-state index in [2.05, 4.69) is 25.8 Å². The van der Waals surface area contributed by atoms with Crippen molar-refractivity contribution in [2.45, 2.75) is 46.1 Å². The highest BCUT2D eigenvalue weighted by molar-refractivity contribution is 5.00. The molecule has 0 radical (unpaired) electrons. The number of hydrogen-bond acceptors (Lipinski definition) is 2. The first-order chi connectivity index (χ1) is 5.40. The van der Waals surface area contributed by atoms with Crippen LogP contribution in [0.5, 0.6) is 0 Å². The molecule has 2 fully saturated rings. The molecule has 12 heavy (non-hydrogen) atoms. The highest BCUT2D eigenvalue weighted by atomic mass is 15.4. The average molecular weight is 168 g/mol. The van der Waals surface area contributed by atoms with Crippen LogP contribution >= 0.6 is 0 Å². The Morgan fingerprint density at radius 2 is 1.92 bits per heavy atom. The van der Waals surface area contributed by atoms with Gasteiger partial charge in [0.25, 0.3) is 0 Å². The fourth-order valence-electron chi connectivity index (χ4n) is 3.50. The van der Waals surface area contributed by atoms with Crippen LogP contribution in [0, 0.1) is 10.8 Å². The summed E-state index contributed by atoms with van der Waals surface area (Å²) in [7, 11) is 0. The second kappa shape index (κ2) is 2.24. The molecule has 2 atom stereocenters. The summed E-state index contributed by atoms with van der Waals surface area (Å²) in [6, 6.07) is 0.652. The number of hydrazine groups is 1. The Morgan fingerprint density at radius 1 is 1.25 bits per heavy atom. The molecule has 2 aliphatic rings. The monoisotopic (exact) mass is 168 g/mol. The number of hydrogen-bond donors (Lipinski definition) is 1. The second-order valence-corrected chi connectivity index (χ2v) is 5.89. The number of nitrogens with two attached hydrogens (primary N) is 1.